The zero-order valence-corrected chi connectivity index (χ0v) is 16.5. The lowest BCUT2D eigenvalue weighted by atomic mass is 9.93. The first-order valence-corrected chi connectivity index (χ1v) is 9.50. The van der Waals surface area contributed by atoms with Crippen molar-refractivity contribution in [3.63, 3.8) is 0 Å². The van der Waals surface area contributed by atoms with Crippen LogP contribution >= 0.6 is 0 Å². The van der Waals surface area contributed by atoms with Crippen LogP contribution in [0.3, 0.4) is 0 Å². The van der Waals surface area contributed by atoms with Crippen molar-refractivity contribution in [3.8, 4) is 11.1 Å². The molecule has 29 heavy (non-hydrogen) atoms. The molecule has 0 unspecified atom stereocenters. The molecular weight excluding hydrogens is 360 g/mol. The Morgan fingerprint density at radius 3 is 2.34 bits per heavy atom. The number of carbonyl (C=O) groups excluding carboxylic acids is 1. The van der Waals surface area contributed by atoms with Gasteiger partial charge in [0.1, 0.15) is 0 Å². The zero-order chi connectivity index (χ0) is 20.2. The first-order chi connectivity index (χ1) is 14.1. The summed E-state index contributed by atoms with van der Waals surface area (Å²) in [4.78, 5) is 17.7. The molecule has 0 aliphatic heterocycles. The van der Waals surface area contributed by atoms with Crippen LogP contribution in [0.4, 0.5) is 0 Å². The smallest absolute Gasteiger partial charge is 0.267 e. The molecule has 0 fully saturated rings. The number of rotatable bonds is 5. The van der Waals surface area contributed by atoms with Crippen molar-refractivity contribution >= 4 is 5.91 Å². The number of pyridine rings is 1. The molecule has 0 atom stereocenters. The quantitative estimate of drug-likeness (QED) is 0.551. The molecule has 4 aromatic rings. The molecule has 0 aliphatic carbocycles. The van der Waals surface area contributed by atoms with Gasteiger partial charge >= 0.3 is 0 Å². The fourth-order valence-corrected chi connectivity index (χ4v) is 3.63. The molecule has 0 saturated carbocycles. The molecule has 0 aliphatic rings. The van der Waals surface area contributed by atoms with Gasteiger partial charge in [-0.3, -0.25) is 9.78 Å². The van der Waals surface area contributed by atoms with E-state index >= 15 is 0 Å². The number of hydrogen-bond donors (Lipinski definition) is 1. The highest BCUT2D eigenvalue weighted by atomic mass is 16.2. The van der Waals surface area contributed by atoms with Crippen molar-refractivity contribution in [2.24, 2.45) is 0 Å². The van der Waals surface area contributed by atoms with Crippen LogP contribution in [0.25, 0.3) is 11.1 Å². The maximum atomic E-state index is 12.3. The Bertz CT molecular complexity index is 1110. The van der Waals surface area contributed by atoms with Crippen molar-refractivity contribution in [2.75, 3.05) is 5.43 Å². The number of carbonyl (C=O) groups is 1. The summed E-state index contributed by atoms with van der Waals surface area (Å²) in [5.74, 6) is -0.228. The van der Waals surface area contributed by atoms with Crippen LogP contribution in [0, 0.1) is 13.8 Å². The summed E-state index contributed by atoms with van der Waals surface area (Å²) in [5.41, 5.74) is 10.4. The van der Waals surface area contributed by atoms with E-state index in [0.29, 0.717) is 5.56 Å². The van der Waals surface area contributed by atoms with Gasteiger partial charge in [-0.05, 0) is 60.2 Å². The minimum absolute atomic E-state index is 0.228. The second kappa shape index (κ2) is 8.10. The summed E-state index contributed by atoms with van der Waals surface area (Å²) in [7, 11) is 0. The van der Waals surface area contributed by atoms with Crippen molar-refractivity contribution in [2.45, 2.75) is 20.3 Å². The lowest BCUT2D eigenvalue weighted by Crippen LogP contribution is -2.23. The molecule has 0 radical (unpaired) electrons. The van der Waals surface area contributed by atoms with E-state index < -0.39 is 0 Å². The van der Waals surface area contributed by atoms with Crippen molar-refractivity contribution in [1.29, 1.82) is 0 Å². The first kappa shape index (κ1) is 18.6. The number of aromatic nitrogens is 3. The van der Waals surface area contributed by atoms with Gasteiger partial charge in [0, 0.05) is 23.5 Å². The normalized spacial score (nSPS) is 10.7. The maximum absolute atomic E-state index is 12.3. The van der Waals surface area contributed by atoms with Gasteiger partial charge in [-0.15, -0.1) is 0 Å². The second-order valence-corrected chi connectivity index (χ2v) is 7.12. The summed E-state index contributed by atoms with van der Waals surface area (Å²) in [5, 5.41) is 4.30. The van der Waals surface area contributed by atoms with Crippen molar-refractivity contribution in [1.82, 2.24) is 14.9 Å². The van der Waals surface area contributed by atoms with Crippen LogP contribution in [0.1, 0.15) is 32.6 Å². The number of aryl methyl sites for hydroxylation is 2. The summed E-state index contributed by atoms with van der Waals surface area (Å²) in [6, 6.07) is 18.2. The minimum Gasteiger partial charge on any atom is -0.267 e. The van der Waals surface area contributed by atoms with Crippen LogP contribution in [-0.2, 0) is 6.42 Å². The Kier molecular flexibility index (Phi) is 5.20. The molecule has 5 nitrogen and oxygen atoms in total. The lowest BCUT2D eigenvalue weighted by Gasteiger charge is -2.12. The number of nitrogens with one attached hydrogen (secondary N) is 1. The molecule has 2 aromatic heterocycles. The van der Waals surface area contributed by atoms with Crippen LogP contribution < -0.4 is 5.43 Å². The van der Waals surface area contributed by atoms with E-state index in [-0.39, 0.29) is 5.91 Å². The van der Waals surface area contributed by atoms with Crippen LogP contribution in [0.5, 0.6) is 0 Å². The number of amides is 1. The lowest BCUT2D eigenvalue weighted by molar-refractivity contribution is 0.100. The van der Waals surface area contributed by atoms with Gasteiger partial charge < -0.3 is 0 Å². The fraction of sp³-hybridized carbons (Fsp3) is 0.125. The van der Waals surface area contributed by atoms with Gasteiger partial charge in [-0.2, -0.15) is 9.89 Å². The van der Waals surface area contributed by atoms with E-state index in [9.17, 15) is 4.79 Å². The Balaban J connectivity index is 1.55. The van der Waals surface area contributed by atoms with Gasteiger partial charge in [-0.1, -0.05) is 42.5 Å². The van der Waals surface area contributed by atoms with E-state index in [1.807, 2.05) is 12.3 Å². The van der Waals surface area contributed by atoms with Gasteiger partial charge in [-0.25, -0.2) is 5.43 Å². The third-order valence-corrected chi connectivity index (χ3v) is 4.87. The molecule has 144 valence electrons. The molecule has 5 heteroatoms. The van der Waals surface area contributed by atoms with Crippen LogP contribution in [-0.4, -0.2) is 20.8 Å². The largest absolute Gasteiger partial charge is 0.271 e. The highest BCUT2D eigenvalue weighted by Gasteiger charge is 2.12. The Morgan fingerprint density at radius 1 is 0.966 bits per heavy atom. The topological polar surface area (TPSA) is 59.8 Å². The van der Waals surface area contributed by atoms with Crippen LogP contribution in [0.2, 0.25) is 0 Å². The number of benzene rings is 2. The molecule has 0 bridgehead atoms. The monoisotopic (exact) mass is 382 g/mol. The second-order valence-electron chi connectivity index (χ2n) is 7.12. The number of nitrogens with zero attached hydrogens (tertiary/aromatic N) is 3. The fourth-order valence-electron chi connectivity index (χ4n) is 3.63. The first-order valence-electron chi connectivity index (χ1n) is 9.50. The maximum Gasteiger partial charge on any atom is 0.271 e. The molecule has 1 N–H and O–H groups in total. The molecule has 0 saturated heterocycles. The van der Waals surface area contributed by atoms with E-state index in [4.69, 9.17) is 0 Å². The predicted molar refractivity (Wildman–Crippen MR) is 114 cm³/mol. The summed E-state index contributed by atoms with van der Waals surface area (Å²) < 4.78 is 0. The highest BCUT2D eigenvalue weighted by molar-refractivity contribution is 5.99. The Hall–Kier alpha value is -3.73. The summed E-state index contributed by atoms with van der Waals surface area (Å²) in [6.45, 7) is 4.23. The zero-order valence-electron chi connectivity index (χ0n) is 16.5. The molecule has 2 heterocycles. The number of hydrogen-bond acceptors (Lipinski definition) is 3. The average molecular weight is 382 g/mol. The van der Waals surface area contributed by atoms with Gasteiger partial charge in [0.2, 0.25) is 0 Å². The minimum atomic E-state index is -0.228. The van der Waals surface area contributed by atoms with Crippen molar-refractivity contribution in [3.05, 3.63) is 107 Å². The van der Waals surface area contributed by atoms with Gasteiger partial charge in [0.25, 0.3) is 5.91 Å². The van der Waals surface area contributed by atoms with Gasteiger partial charge in [0.15, 0.2) is 0 Å². The van der Waals surface area contributed by atoms with E-state index in [1.54, 1.807) is 30.7 Å². The third kappa shape index (κ3) is 4.24. The Labute approximate surface area is 170 Å². The van der Waals surface area contributed by atoms with Gasteiger partial charge in [0.05, 0.1) is 12.4 Å². The van der Waals surface area contributed by atoms with Crippen molar-refractivity contribution < 1.29 is 4.79 Å². The molecular formula is C24H22N4O. The third-order valence-electron chi connectivity index (χ3n) is 4.87. The SMILES string of the molecule is Cc1cc(Cc2ccccc2)cc(C)c1-c1cnn(NC(=O)c2ccncc2)c1. The Morgan fingerprint density at radius 2 is 1.66 bits per heavy atom. The van der Waals surface area contributed by atoms with E-state index in [0.717, 1.165) is 17.5 Å². The molecule has 2 aromatic carbocycles. The van der Waals surface area contributed by atoms with E-state index in [1.165, 1.54) is 27.0 Å². The molecule has 4 rings (SSSR count). The van der Waals surface area contributed by atoms with Crippen LogP contribution in [0.15, 0.2) is 79.4 Å². The standard InChI is InChI=1S/C24H22N4O/c1-17-12-20(14-19-6-4-3-5-7-19)13-18(2)23(17)22-15-26-28(16-22)27-24(29)21-8-10-25-11-9-21/h3-13,15-16H,14H2,1-2H3,(H,27,29). The average Bonchev–Trinajstić information content (AvgIpc) is 3.17. The molecule has 0 spiro atoms. The highest BCUT2D eigenvalue weighted by Crippen LogP contribution is 2.28. The van der Waals surface area contributed by atoms with E-state index in [2.05, 4.69) is 65.8 Å². The predicted octanol–water partition coefficient (Wildman–Crippen LogP) is 4.54. The summed E-state index contributed by atoms with van der Waals surface area (Å²) in [6.07, 6.45) is 7.70. The summed E-state index contributed by atoms with van der Waals surface area (Å²) >= 11 is 0. The molecule has 1 amide bonds.